The fourth-order valence-corrected chi connectivity index (χ4v) is 2.76. The van der Waals surface area contributed by atoms with Crippen LogP contribution in [0.4, 0.5) is 4.79 Å². The lowest BCUT2D eigenvalue weighted by Crippen LogP contribution is -2.36. The van der Waals surface area contributed by atoms with E-state index in [-0.39, 0.29) is 6.09 Å². The molecule has 1 saturated heterocycles. The summed E-state index contributed by atoms with van der Waals surface area (Å²) in [5.41, 5.74) is 0.784. The van der Waals surface area contributed by atoms with Gasteiger partial charge in [0, 0.05) is 44.5 Å². The Kier molecular flexibility index (Phi) is 6.04. The van der Waals surface area contributed by atoms with E-state index in [1.165, 1.54) is 5.56 Å². The first-order valence-corrected chi connectivity index (χ1v) is 8.57. The van der Waals surface area contributed by atoms with Crippen LogP contribution in [0, 0.1) is 5.92 Å². The van der Waals surface area contributed by atoms with Crippen LogP contribution in [0.5, 0.6) is 0 Å². The molecule has 1 atom stereocenters. The van der Waals surface area contributed by atoms with Crippen LogP contribution in [-0.4, -0.2) is 46.0 Å². The third-order valence-corrected chi connectivity index (χ3v) is 3.84. The fraction of sp³-hybridized carbons (Fsp3) is 0.765. The van der Waals surface area contributed by atoms with Crippen LogP contribution in [0.25, 0.3) is 0 Å². The van der Waals surface area contributed by atoms with Crippen molar-refractivity contribution in [3.05, 3.63) is 18.0 Å². The number of carbonyl (C=O) groups is 1. The van der Waals surface area contributed by atoms with Crippen LogP contribution >= 0.6 is 0 Å². The third kappa shape index (κ3) is 5.86. The standard InChI is InChI=1S/C17H30N4O2/c1-5-7-21-13-15(11-19-21)10-18-9-14-6-8-20(12-14)16(22)23-17(2,3)4/h11,13-14,18H,5-10,12H2,1-4H3. The maximum atomic E-state index is 12.0. The van der Waals surface area contributed by atoms with Crippen molar-refractivity contribution in [2.45, 2.75) is 59.2 Å². The minimum atomic E-state index is -0.425. The summed E-state index contributed by atoms with van der Waals surface area (Å²) in [5.74, 6) is 0.494. The molecule has 1 unspecified atom stereocenters. The van der Waals surface area contributed by atoms with Gasteiger partial charge in [0.1, 0.15) is 5.60 Å². The van der Waals surface area contributed by atoms with Gasteiger partial charge in [0.25, 0.3) is 0 Å². The molecule has 130 valence electrons. The normalized spacial score (nSPS) is 18.4. The monoisotopic (exact) mass is 322 g/mol. The van der Waals surface area contributed by atoms with Crippen LogP contribution in [-0.2, 0) is 17.8 Å². The van der Waals surface area contributed by atoms with E-state index < -0.39 is 5.60 Å². The van der Waals surface area contributed by atoms with Gasteiger partial charge in [-0.25, -0.2) is 4.79 Å². The highest BCUT2D eigenvalue weighted by Gasteiger charge is 2.29. The van der Waals surface area contributed by atoms with Gasteiger partial charge in [-0.05, 0) is 39.5 Å². The molecule has 1 aromatic rings. The van der Waals surface area contributed by atoms with Gasteiger partial charge < -0.3 is 15.0 Å². The minimum absolute atomic E-state index is 0.194. The average molecular weight is 322 g/mol. The van der Waals surface area contributed by atoms with Crippen LogP contribution in [0.15, 0.2) is 12.4 Å². The highest BCUT2D eigenvalue weighted by atomic mass is 16.6. The van der Waals surface area contributed by atoms with E-state index in [0.29, 0.717) is 5.92 Å². The van der Waals surface area contributed by atoms with E-state index in [4.69, 9.17) is 4.74 Å². The number of ether oxygens (including phenoxy) is 1. The first-order chi connectivity index (χ1) is 10.9. The summed E-state index contributed by atoms with van der Waals surface area (Å²) in [6, 6.07) is 0. The largest absolute Gasteiger partial charge is 0.444 e. The summed E-state index contributed by atoms with van der Waals surface area (Å²) >= 11 is 0. The SMILES string of the molecule is CCCn1cc(CNCC2CCN(C(=O)OC(C)(C)C)C2)cn1. The lowest BCUT2D eigenvalue weighted by Gasteiger charge is -2.24. The number of aromatic nitrogens is 2. The summed E-state index contributed by atoms with van der Waals surface area (Å²) in [4.78, 5) is 13.9. The molecule has 1 aliphatic heterocycles. The van der Waals surface area contributed by atoms with Crippen molar-refractivity contribution in [2.24, 2.45) is 5.92 Å². The smallest absolute Gasteiger partial charge is 0.410 e. The number of nitrogens with one attached hydrogen (secondary N) is 1. The molecular weight excluding hydrogens is 292 g/mol. The molecular formula is C17H30N4O2. The molecule has 2 rings (SSSR count). The summed E-state index contributed by atoms with van der Waals surface area (Å²) < 4.78 is 7.41. The second-order valence-electron chi connectivity index (χ2n) is 7.32. The molecule has 6 heteroatoms. The maximum Gasteiger partial charge on any atom is 0.410 e. The topological polar surface area (TPSA) is 59.4 Å². The Bertz CT molecular complexity index is 507. The molecule has 2 heterocycles. The Morgan fingerprint density at radius 1 is 1.48 bits per heavy atom. The number of likely N-dealkylation sites (tertiary alicyclic amines) is 1. The summed E-state index contributed by atoms with van der Waals surface area (Å²) in [7, 11) is 0. The van der Waals surface area contributed by atoms with Crippen molar-refractivity contribution in [3.8, 4) is 0 Å². The highest BCUT2D eigenvalue weighted by Crippen LogP contribution is 2.19. The average Bonchev–Trinajstić information content (AvgIpc) is 3.07. The van der Waals surface area contributed by atoms with E-state index in [9.17, 15) is 4.79 Å². The second-order valence-corrected chi connectivity index (χ2v) is 7.32. The van der Waals surface area contributed by atoms with E-state index in [1.807, 2.05) is 36.5 Å². The van der Waals surface area contributed by atoms with Gasteiger partial charge in [-0.1, -0.05) is 6.92 Å². The van der Waals surface area contributed by atoms with Crippen LogP contribution in [0.1, 0.15) is 46.1 Å². The number of nitrogens with zero attached hydrogens (tertiary/aromatic N) is 3. The molecule has 0 aliphatic carbocycles. The van der Waals surface area contributed by atoms with Crippen LogP contribution in [0.3, 0.4) is 0 Å². The Morgan fingerprint density at radius 2 is 2.26 bits per heavy atom. The van der Waals surface area contributed by atoms with Crippen molar-refractivity contribution in [3.63, 3.8) is 0 Å². The van der Waals surface area contributed by atoms with E-state index in [2.05, 4.69) is 23.5 Å². The number of carbonyl (C=O) groups excluding carboxylic acids is 1. The van der Waals surface area contributed by atoms with E-state index >= 15 is 0 Å². The second kappa shape index (κ2) is 7.81. The van der Waals surface area contributed by atoms with Gasteiger partial charge in [0.15, 0.2) is 0 Å². The molecule has 23 heavy (non-hydrogen) atoms. The number of amides is 1. The molecule has 1 aromatic heterocycles. The Balaban J connectivity index is 1.68. The summed E-state index contributed by atoms with van der Waals surface area (Å²) in [5, 5.41) is 7.81. The number of rotatable bonds is 6. The first-order valence-electron chi connectivity index (χ1n) is 8.57. The Labute approximate surface area is 139 Å². The van der Waals surface area contributed by atoms with Gasteiger partial charge in [0.05, 0.1) is 6.20 Å². The number of aryl methyl sites for hydroxylation is 1. The fourth-order valence-electron chi connectivity index (χ4n) is 2.76. The summed E-state index contributed by atoms with van der Waals surface area (Å²) in [6.45, 7) is 12.1. The van der Waals surface area contributed by atoms with Crippen molar-refractivity contribution in [1.82, 2.24) is 20.0 Å². The van der Waals surface area contributed by atoms with E-state index in [1.54, 1.807) is 0 Å². The lowest BCUT2D eigenvalue weighted by atomic mass is 10.1. The zero-order valence-corrected chi connectivity index (χ0v) is 14.8. The molecule has 0 aromatic carbocycles. The predicted molar refractivity (Wildman–Crippen MR) is 90.1 cm³/mol. The lowest BCUT2D eigenvalue weighted by molar-refractivity contribution is 0.0288. The Morgan fingerprint density at radius 3 is 2.96 bits per heavy atom. The highest BCUT2D eigenvalue weighted by molar-refractivity contribution is 5.68. The van der Waals surface area contributed by atoms with Gasteiger partial charge in [-0.15, -0.1) is 0 Å². The Hall–Kier alpha value is -1.56. The summed E-state index contributed by atoms with van der Waals surface area (Å²) in [6.07, 6.45) is 5.95. The molecule has 1 aliphatic rings. The molecule has 1 amide bonds. The molecule has 0 spiro atoms. The zero-order chi connectivity index (χ0) is 16.9. The van der Waals surface area contributed by atoms with Crippen LogP contribution in [0.2, 0.25) is 0 Å². The number of hydrogen-bond donors (Lipinski definition) is 1. The van der Waals surface area contributed by atoms with Gasteiger partial charge in [-0.2, -0.15) is 5.10 Å². The van der Waals surface area contributed by atoms with Crippen molar-refractivity contribution < 1.29 is 9.53 Å². The minimum Gasteiger partial charge on any atom is -0.444 e. The number of hydrogen-bond acceptors (Lipinski definition) is 4. The van der Waals surface area contributed by atoms with Crippen molar-refractivity contribution in [2.75, 3.05) is 19.6 Å². The maximum absolute atomic E-state index is 12.0. The first kappa shape index (κ1) is 17.8. The van der Waals surface area contributed by atoms with Gasteiger partial charge in [0.2, 0.25) is 0 Å². The van der Waals surface area contributed by atoms with Gasteiger partial charge in [-0.3, -0.25) is 4.68 Å². The molecule has 1 N–H and O–H groups in total. The van der Waals surface area contributed by atoms with Crippen molar-refractivity contribution in [1.29, 1.82) is 0 Å². The molecule has 0 radical (unpaired) electrons. The zero-order valence-electron chi connectivity index (χ0n) is 14.8. The quantitative estimate of drug-likeness (QED) is 0.875. The third-order valence-electron chi connectivity index (χ3n) is 3.84. The predicted octanol–water partition coefficient (Wildman–Crippen LogP) is 2.64. The van der Waals surface area contributed by atoms with E-state index in [0.717, 1.165) is 45.6 Å². The van der Waals surface area contributed by atoms with Crippen molar-refractivity contribution >= 4 is 6.09 Å². The molecule has 6 nitrogen and oxygen atoms in total. The molecule has 0 saturated carbocycles. The van der Waals surface area contributed by atoms with Gasteiger partial charge >= 0.3 is 6.09 Å². The molecule has 0 bridgehead atoms. The molecule has 1 fully saturated rings. The van der Waals surface area contributed by atoms with Crippen LogP contribution < -0.4 is 5.32 Å².